The van der Waals surface area contributed by atoms with Crippen molar-refractivity contribution in [3.8, 4) is 0 Å². The van der Waals surface area contributed by atoms with Gasteiger partial charge in [0.05, 0.1) is 0 Å². The topological polar surface area (TPSA) is 53.2 Å². The van der Waals surface area contributed by atoms with E-state index in [1.165, 1.54) is 32.6 Å². The molecule has 0 spiro atoms. The molecule has 5 heteroatoms. The van der Waals surface area contributed by atoms with E-state index in [1.54, 1.807) is 0 Å². The van der Waals surface area contributed by atoms with E-state index in [2.05, 4.69) is 22.9 Å². The Balaban J connectivity index is 2.13. The third kappa shape index (κ3) is 5.86. The lowest BCUT2D eigenvalue weighted by Gasteiger charge is -2.30. The zero-order chi connectivity index (χ0) is 12.7. The number of carbonyl (C=O) groups excluding carboxylic acids is 1. The summed E-state index contributed by atoms with van der Waals surface area (Å²) in [7, 11) is 0. The molecule has 0 heterocycles. The number of thiocarbonyl (C=S) groups is 1. The SMILES string of the molecule is CC(=O)NCCNC(=S)NC1CCCCC1C. The van der Waals surface area contributed by atoms with Crippen molar-refractivity contribution >= 4 is 23.2 Å². The number of amides is 1. The van der Waals surface area contributed by atoms with Crippen molar-refractivity contribution in [1.82, 2.24) is 16.0 Å². The summed E-state index contributed by atoms with van der Waals surface area (Å²) in [5.41, 5.74) is 0. The molecular weight excluding hydrogens is 234 g/mol. The van der Waals surface area contributed by atoms with Gasteiger partial charge in [0.25, 0.3) is 0 Å². The van der Waals surface area contributed by atoms with E-state index < -0.39 is 0 Å². The highest BCUT2D eigenvalue weighted by Gasteiger charge is 2.21. The molecule has 0 saturated heterocycles. The van der Waals surface area contributed by atoms with Gasteiger partial charge in [-0.3, -0.25) is 4.79 Å². The minimum Gasteiger partial charge on any atom is -0.361 e. The largest absolute Gasteiger partial charge is 0.361 e. The standard InChI is InChI=1S/C12H23N3OS/c1-9-5-3-4-6-11(9)15-12(17)14-8-7-13-10(2)16/h9,11H,3-8H2,1-2H3,(H,13,16)(H2,14,15,17). The van der Waals surface area contributed by atoms with Crippen LogP contribution in [0, 0.1) is 5.92 Å². The fourth-order valence-corrected chi connectivity index (χ4v) is 2.42. The number of rotatable bonds is 4. The fourth-order valence-electron chi connectivity index (χ4n) is 2.16. The average molecular weight is 257 g/mol. The first kappa shape index (κ1) is 14.2. The van der Waals surface area contributed by atoms with Crippen molar-refractivity contribution in [2.75, 3.05) is 13.1 Å². The molecule has 1 rings (SSSR count). The molecule has 1 saturated carbocycles. The molecule has 17 heavy (non-hydrogen) atoms. The molecule has 0 bridgehead atoms. The van der Waals surface area contributed by atoms with E-state index in [0.717, 1.165) is 0 Å². The normalized spacial score (nSPS) is 23.9. The van der Waals surface area contributed by atoms with Gasteiger partial charge in [-0.15, -0.1) is 0 Å². The average Bonchev–Trinajstić information content (AvgIpc) is 2.27. The minimum atomic E-state index is -0.00780. The maximum atomic E-state index is 10.7. The molecule has 0 radical (unpaired) electrons. The van der Waals surface area contributed by atoms with Crippen LogP contribution in [0.25, 0.3) is 0 Å². The second-order valence-electron chi connectivity index (χ2n) is 4.75. The van der Waals surface area contributed by atoms with Crippen LogP contribution in [-0.4, -0.2) is 30.2 Å². The van der Waals surface area contributed by atoms with Crippen molar-refractivity contribution in [3.63, 3.8) is 0 Å². The third-order valence-corrected chi connectivity index (χ3v) is 3.47. The molecule has 0 aromatic heterocycles. The lowest BCUT2D eigenvalue weighted by Crippen LogP contribution is -2.47. The molecule has 98 valence electrons. The van der Waals surface area contributed by atoms with Crippen LogP contribution >= 0.6 is 12.2 Å². The molecule has 2 atom stereocenters. The fraction of sp³-hybridized carbons (Fsp3) is 0.833. The third-order valence-electron chi connectivity index (χ3n) is 3.21. The van der Waals surface area contributed by atoms with Crippen LogP contribution in [0.3, 0.4) is 0 Å². The summed E-state index contributed by atoms with van der Waals surface area (Å²) in [4.78, 5) is 10.7. The van der Waals surface area contributed by atoms with Gasteiger partial charge in [0.15, 0.2) is 5.11 Å². The van der Waals surface area contributed by atoms with E-state index in [1.807, 2.05) is 0 Å². The van der Waals surface area contributed by atoms with E-state index in [0.29, 0.717) is 30.2 Å². The Morgan fingerprint density at radius 3 is 2.53 bits per heavy atom. The summed E-state index contributed by atoms with van der Waals surface area (Å²) in [6.07, 6.45) is 5.11. The molecular formula is C12H23N3OS. The van der Waals surface area contributed by atoms with Crippen molar-refractivity contribution in [3.05, 3.63) is 0 Å². The van der Waals surface area contributed by atoms with E-state index in [9.17, 15) is 4.79 Å². The first-order chi connectivity index (χ1) is 8.09. The molecule has 1 aliphatic rings. The number of carbonyl (C=O) groups is 1. The molecule has 0 aromatic rings. The van der Waals surface area contributed by atoms with Crippen LogP contribution < -0.4 is 16.0 Å². The van der Waals surface area contributed by atoms with Gasteiger partial charge in [-0.1, -0.05) is 19.8 Å². The van der Waals surface area contributed by atoms with Crippen LogP contribution in [0.1, 0.15) is 39.5 Å². The van der Waals surface area contributed by atoms with Gasteiger partial charge in [0, 0.05) is 26.1 Å². The molecule has 2 unspecified atom stereocenters. The Bertz CT molecular complexity index is 270. The predicted octanol–water partition coefficient (Wildman–Crippen LogP) is 1.17. The van der Waals surface area contributed by atoms with Crippen LogP contribution in [0.2, 0.25) is 0 Å². The summed E-state index contributed by atoms with van der Waals surface area (Å²) >= 11 is 5.23. The first-order valence-electron chi connectivity index (χ1n) is 6.38. The number of hydrogen-bond donors (Lipinski definition) is 3. The van der Waals surface area contributed by atoms with Crippen molar-refractivity contribution in [2.24, 2.45) is 5.92 Å². The summed E-state index contributed by atoms with van der Waals surface area (Å²) < 4.78 is 0. The molecule has 3 N–H and O–H groups in total. The van der Waals surface area contributed by atoms with E-state index in [4.69, 9.17) is 12.2 Å². The van der Waals surface area contributed by atoms with Crippen molar-refractivity contribution in [2.45, 2.75) is 45.6 Å². The lowest BCUT2D eigenvalue weighted by molar-refractivity contribution is -0.118. The van der Waals surface area contributed by atoms with Crippen LogP contribution in [0.4, 0.5) is 0 Å². The van der Waals surface area contributed by atoms with Crippen LogP contribution in [0.5, 0.6) is 0 Å². The Labute approximate surface area is 109 Å². The van der Waals surface area contributed by atoms with Gasteiger partial charge in [-0.05, 0) is 31.0 Å². The number of hydrogen-bond acceptors (Lipinski definition) is 2. The zero-order valence-corrected chi connectivity index (χ0v) is 11.5. The van der Waals surface area contributed by atoms with Crippen LogP contribution in [0.15, 0.2) is 0 Å². The van der Waals surface area contributed by atoms with Gasteiger partial charge in [-0.2, -0.15) is 0 Å². The van der Waals surface area contributed by atoms with Gasteiger partial charge >= 0.3 is 0 Å². The van der Waals surface area contributed by atoms with Crippen molar-refractivity contribution < 1.29 is 4.79 Å². The second kappa shape index (κ2) is 7.48. The monoisotopic (exact) mass is 257 g/mol. The highest BCUT2D eigenvalue weighted by atomic mass is 32.1. The minimum absolute atomic E-state index is 0.00780. The number of nitrogens with one attached hydrogen (secondary N) is 3. The smallest absolute Gasteiger partial charge is 0.216 e. The Morgan fingerprint density at radius 2 is 1.88 bits per heavy atom. The van der Waals surface area contributed by atoms with Gasteiger partial charge < -0.3 is 16.0 Å². The highest BCUT2D eigenvalue weighted by Crippen LogP contribution is 2.23. The Hall–Kier alpha value is -0.840. The molecule has 4 nitrogen and oxygen atoms in total. The van der Waals surface area contributed by atoms with Gasteiger partial charge in [-0.25, -0.2) is 0 Å². The second-order valence-corrected chi connectivity index (χ2v) is 5.16. The molecule has 1 aliphatic carbocycles. The van der Waals surface area contributed by atoms with Crippen molar-refractivity contribution in [1.29, 1.82) is 0 Å². The van der Waals surface area contributed by atoms with Gasteiger partial charge in [0.2, 0.25) is 5.91 Å². The van der Waals surface area contributed by atoms with E-state index in [-0.39, 0.29) is 5.91 Å². The maximum Gasteiger partial charge on any atom is 0.216 e. The summed E-state index contributed by atoms with van der Waals surface area (Å²) in [6.45, 7) is 5.07. The summed E-state index contributed by atoms with van der Waals surface area (Å²) in [6, 6.07) is 0.504. The van der Waals surface area contributed by atoms with E-state index >= 15 is 0 Å². The Morgan fingerprint density at radius 1 is 1.24 bits per heavy atom. The lowest BCUT2D eigenvalue weighted by atomic mass is 9.86. The highest BCUT2D eigenvalue weighted by molar-refractivity contribution is 7.80. The Kier molecular flexibility index (Phi) is 6.26. The van der Waals surface area contributed by atoms with Gasteiger partial charge in [0.1, 0.15) is 0 Å². The summed E-state index contributed by atoms with van der Waals surface area (Å²) in [5.74, 6) is 0.686. The summed E-state index contributed by atoms with van der Waals surface area (Å²) in [5, 5.41) is 9.90. The molecule has 1 fully saturated rings. The quantitative estimate of drug-likeness (QED) is 0.523. The maximum absolute atomic E-state index is 10.7. The predicted molar refractivity (Wildman–Crippen MR) is 73.8 cm³/mol. The zero-order valence-electron chi connectivity index (χ0n) is 10.7. The van der Waals surface area contributed by atoms with Crippen LogP contribution in [-0.2, 0) is 4.79 Å². The molecule has 1 amide bonds. The first-order valence-corrected chi connectivity index (χ1v) is 6.79. The molecule has 0 aromatic carbocycles. The molecule has 0 aliphatic heterocycles.